The molecule has 0 amide bonds. The number of aliphatic imine (C=N–C) groups is 1. The summed E-state index contributed by atoms with van der Waals surface area (Å²) in [5.74, 6) is 0.886. The number of nitrogens with zero attached hydrogens (tertiary/aromatic N) is 3. The summed E-state index contributed by atoms with van der Waals surface area (Å²) in [6, 6.07) is 17.1. The SMILES string of the molecule is Cc1ccc(C23c4ccccc4NC(=S)N2NC2=NCCN23)cc1. The van der Waals surface area contributed by atoms with Crippen molar-refractivity contribution >= 4 is 29.0 Å². The molecule has 6 heteroatoms. The number of aryl methyl sites for hydroxylation is 1. The maximum atomic E-state index is 5.67. The van der Waals surface area contributed by atoms with Gasteiger partial charge in [0.25, 0.3) is 0 Å². The largest absolute Gasteiger partial charge is 0.331 e. The fourth-order valence-corrected chi connectivity index (χ4v) is 4.20. The number of benzene rings is 2. The summed E-state index contributed by atoms with van der Waals surface area (Å²) in [4.78, 5) is 6.94. The first-order valence-corrected chi connectivity index (χ1v) is 8.49. The first kappa shape index (κ1) is 13.8. The van der Waals surface area contributed by atoms with Crippen LogP contribution in [0, 0.1) is 6.92 Å². The second-order valence-corrected chi connectivity index (χ2v) is 6.70. The zero-order chi connectivity index (χ0) is 16.3. The number of hydrazine groups is 1. The molecule has 3 aliphatic heterocycles. The van der Waals surface area contributed by atoms with E-state index >= 15 is 0 Å². The molecule has 0 radical (unpaired) electrons. The van der Waals surface area contributed by atoms with Crippen LogP contribution in [0.5, 0.6) is 0 Å². The summed E-state index contributed by atoms with van der Waals surface area (Å²) >= 11 is 5.67. The molecule has 5 nitrogen and oxygen atoms in total. The van der Waals surface area contributed by atoms with Gasteiger partial charge in [-0.05, 0) is 25.2 Å². The van der Waals surface area contributed by atoms with E-state index in [9.17, 15) is 0 Å². The molecule has 0 bridgehead atoms. The Morgan fingerprint density at radius 2 is 1.92 bits per heavy atom. The highest BCUT2D eigenvalue weighted by Gasteiger charge is 2.58. The van der Waals surface area contributed by atoms with Gasteiger partial charge in [0.15, 0.2) is 10.8 Å². The quantitative estimate of drug-likeness (QED) is 0.784. The number of guanidine groups is 1. The van der Waals surface area contributed by atoms with E-state index in [1.54, 1.807) is 0 Å². The normalized spacial score (nSPS) is 23.9. The van der Waals surface area contributed by atoms with Crippen LogP contribution in [-0.2, 0) is 5.66 Å². The number of nitrogens with one attached hydrogen (secondary N) is 2. The van der Waals surface area contributed by atoms with Crippen molar-refractivity contribution in [2.24, 2.45) is 4.99 Å². The van der Waals surface area contributed by atoms with Gasteiger partial charge in [-0.15, -0.1) is 0 Å². The van der Waals surface area contributed by atoms with E-state index in [0.717, 1.165) is 24.7 Å². The number of hydrogen-bond donors (Lipinski definition) is 2. The van der Waals surface area contributed by atoms with Crippen molar-refractivity contribution in [1.29, 1.82) is 0 Å². The summed E-state index contributed by atoms with van der Waals surface area (Å²) < 4.78 is 0. The molecule has 5 rings (SSSR count). The van der Waals surface area contributed by atoms with E-state index < -0.39 is 5.66 Å². The Kier molecular flexibility index (Phi) is 2.71. The topological polar surface area (TPSA) is 42.9 Å². The lowest BCUT2D eigenvalue weighted by Gasteiger charge is -2.47. The first-order valence-electron chi connectivity index (χ1n) is 8.08. The number of hydrogen-bond acceptors (Lipinski definition) is 4. The van der Waals surface area contributed by atoms with Crippen LogP contribution in [0.1, 0.15) is 16.7 Å². The average Bonchev–Trinajstić information content (AvgIpc) is 3.17. The molecule has 1 unspecified atom stereocenters. The monoisotopic (exact) mass is 335 g/mol. The van der Waals surface area contributed by atoms with Crippen LogP contribution in [0.25, 0.3) is 0 Å². The lowest BCUT2D eigenvalue weighted by Crippen LogP contribution is -2.59. The molecular formula is C18H17N5S. The van der Waals surface area contributed by atoms with Gasteiger partial charge in [0, 0.05) is 23.4 Å². The third-order valence-corrected chi connectivity index (χ3v) is 5.25. The van der Waals surface area contributed by atoms with E-state index in [1.807, 2.05) is 11.1 Å². The minimum atomic E-state index is -0.498. The molecule has 3 aliphatic rings. The molecule has 1 saturated heterocycles. The highest BCUT2D eigenvalue weighted by molar-refractivity contribution is 7.80. The Bertz CT molecular complexity index is 875. The summed E-state index contributed by atoms with van der Waals surface area (Å²) in [5.41, 5.74) is 7.57. The minimum absolute atomic E-state index is 0.498. The van der Waals surface area contributed by atoms with Gasteiger partial charge in [-0.25, -0.2) is 10.0 Å². The van der Waals surface area contributed by atoms with E-state index in [-0.39, 0.29) is 0 Å². The zero-order valence-corrected chi connectivity index (χ0v) is 14.1. The fourth-order valence-electron chi connectivity index (χ4n) is 3.92. The van der Waals surface area contributed by atoms with E-state index in [1.165, 1.54) is 16.7 Å². The van der Waals surface area contributed by atoms with Crippen molar-refractivity contribution in [3.8, 4) is 0 Å². The number of anilines is 1. The molecule has 1 fully saturated rings. The maximum absolute atomic E-state index is 5.67. The molecule has 3 heterocycles. The van der Waals surface area contributed by atoms with E-state index in [0.29, 0.717) is 5.11 Å². The lowest BCUT2D eigenvalue weighted by molar-refractivity contribution is 0.109. The lowest BCUT2D eigenvalue weighted by atomic mass is 9.86. The maximum Gasteiger partial charge on any atom is 0.215 e. The summed E-state index contributed by atoms with van der Waals surface area (Å²) in [6.07, 6.45) is 0. The van der Waals surface area contributed by atoms with Crippen LogP contribution in [0.2, 0.25) is 0 Å². The summed E-state index contributed by atoms with van der Waals surface area (Å²) in [6.45, 7) is 3.77. The minimum Gasteiger partial charge on any atom is -0.331 e. The smallest absolute Gasteiger partial charge is 0.215 e. The van der Waals surface area contributed by atoms with Gasteiger partial charge < -0.3 is 10.2 Å². The highest BCUT2D eigenvalue weighted by Crippen LogP contribution is 2.48. The van der Waals surface area contributed by atoms with Crippen LogP contribution in [0.15, 0.2) is 53.5 Å². The molecule has 2 aromatic carbocycles. The first-order chi connectivity index (χ1) is 11.7. The van der Waals surface area contributed by atoms with Crippen molar-refractivity contribution in [1.82, 2.24) is 15.3 Å². The summed E-state index contributed by atoms with van der Waals surface area (Å²) in [5, 5.41) is 6.03. The van der Waals surface area contributed by atoms with Crippen molar-refractivity contribution in [2.75, 3.05) is 18.4 Å². The highest BCUT2D eigenvalue weighted by atomic mass is 32.1. The molecule has 0 saturated carbocycles. The van der Waals surface area contributed by atoms with E-state index in [2.05, 4.69) is 70.0 Å². The molecule has 120 valence electrons. The van der Waals surface area contributed by atoms with Crippen LogP contribution >= 0.6 is 12.2 Å². The van der Waals surface area contributed by atoms with Gasteiger partial charge in [-0.2, -0.15) is 0 Å². The van der Waals surface area contributed by atoms with Crippen LogP contribution in [0.3, 0.4) is 0 Å². The van der Waals surface area contributed by atoms with Crippen molar-refractivity contribution in [2.45, 2.75) is 12.6 Å². The van der Waals surface area contributed by atoms with Crippen LogP contribution in [0.4, 0.5) is 5.69 Å². The Labute approximate surface area is 146 Å². The molecule has 1 atom stereocenters. The standard InChI is InChI=1S/C18H17N5S/c1-12-6-8-13(9-7-12)18-14-4-2-3-5-15(14)20-17(24)23(18)21-16-19-10-11-22(16)18/h2-9H,10-11H2,1H3,(H,19,21)(H,20,24). The summed E-state index contributed by atoms with van der Waals surface area (Å²) in [7, 11) is 0. The Balaban J connectivity index is 1.85. The van der Waals surface area contributed by atoms with Gasteiger partial charge in [0.05, 0.1) is 6.54 Å². The van der Waals surface area contributed by atoms with Gasteiger partial charge in [0.2, 0.25) is 5.96 Å². The third kappa shape index (κ3) is 1.58. The van der Waals surface area contributed by atoms with Gasteiger partial charge in [0.1, 0.15) is 0 Å². The molecular weight excluding hydrogens is 318 g/mol. The Hall–Kier alpha value is -2.60. The van der Waals surface area contributed by atoms with E-state index in [4.69, 9.17) is 12.2 Å². The van der Waals surface area contributed by atoms with Gasteiger partial charge >= 0.3 is 0 Å². The number of rotatable bonds is 1. The second-order valence-electron chi connectivity index (χ2n) is 6.32. The molecule has 24 heavy (non-hydrogen) atoms. The van der Waals surface area contributed by atoms with Crippen molar-refractivity contribution in [3.05, 3.63) is 65.2 Å². The van der Waals surface area contributed by atoms with Crippen molar-refractivity contribution in [3.63, 3.8) is 0 Å². The number of para-hydroxylation sites is 1. The molecule has 0 aliphatic carbocycles. The third-order valence-electron chi connectivity index (χ3n) is 4.97. The predicted octanol–water partition coefficient (Wildman–Crippen LogP) is 2.40. The molecule has 2 aromatic rings. The number of fused-ring (bicyclic) bond motifs is 5. The molecule has 0 spiro atoms. The predicted molar refractivity (Wildman–Crippen MR) is 98.6 cm³/mol. The average molecular weight is 335 g/mol. The van der Waals surface area contributed by atoms with Gasteiger partial charge in [-0.1, -0.05) is 48.0 Å². The molecule has 0 aromatic heterocycles. The Morgan fingerprint density at radius 1 is 1.12 bits per heavy atom. The number of thiocarbonyl (C=S) groups is 1. The Morgan fingerprint density at radius 3 is 2.75 bits per heavy atom. The van der Waals surface area contributed by atoms with Crippen molar-refractivity contribution < 1.29 is 0 Å². The zero-order valence-electron chi connectivity index (χ0n) is 13.3. The fraction of sp³-hybridized carbons (Fsp3) is 0.222. The van der Waals surface area contributed by atoms with Crippen LogP contribution < -0.4 is 10.7 Å². The second kappa shape index (κ2) is 4.70. The van der Waals surface area contributed by atoms with Crippen LogP contribution in [-0.4, -0.2) is 34.1 Å². The van der Waals surface area contributed by atoms with Gasteiger partial charge in [-0.3, -0.25) is 5.43 Å². The molecule has 2 N–H and O–H groups in total.